The van der Waals surface area contributed by atoms with Crippen molar-refractivity contribution in [3.63, 3.8) is 0 Å². The van der Waals surface area contributed by atoms with Crippen LogP contribution in [0.3, 0.4) is 0 Å². The molecule has 0 aliphatic rings. The summed E-state index contributed by atoms with van der Waals surface area (Å²) in [6, 6.07) is 7.49. The molecule has 0 saturated heterocycles. The van der Waals surface area contributed by atoms with Gasteiger partial charge in [0.05, 0.1) is 12.2 Å². The molecule has 0 aliphatic carbocycles. The highest BCUT2D eigenvalue weighted by Gasteiger charge is 2.20. The van der Waals surface area contributed by atoms with Crippen LogP contribution in [0.25, 0.3) is 0 Å². The molecule has 0 radical (unpaired) electrons. The third-order valence-corrected chi connectivity index (χ3v) is 3.45. The van der Waals surface area contributed by atoms with Crippen LogP contribution >= 0.6 is 11.3 Å². The number of primary amides is 1. The van der Waals surface area contributed by atoms with E-state index in [9.17, 15) is 9.59 Å². The van der Waals surface area contributed by atoms with E-state index in [0.29, 0.717) is 0 Å². The van der Waals surface area contributed by atoms with Gasteiger partial charge in [0, 0.05) is 11.4 Å². The van der Waals surface area contributed by atoms with Crippen molar-refractivity contribution >= 4 is 23.2 Å². The van der Waals surface area contributed by atoms with Gasteiger partial charge in [0.15, 0.2) is 0 Å². The Bertz CT molecular complexity index is 485. The summed E-state index contributed by atoms with van der Waals surface area (Å²) in [5.74, 6) is -1.15. The van der Waals surface area contributed by atoms with Gasteiger partial charge in [0.25, 0.3) is 0 Å². The first-order chi connectivity index (χ1) is 8.68. The summed E-state index contributed by atoms with van der Waals surface area (Å²) in [5.41, 5.74) is 4.89. The zero-order chi connectivity index (χ0) is 13.0. The van der Waals surface area contributed by atoms with E-state index in [0.717, 1.165) is 10.6 Å². The van der Waals surface area contributed by atoms with Crippen LogP contribution in [0.2, 0.25) is 0 Å². The molecule has 18 heavy (non-hydrogen) atoms. The van der Waals surface area contributed by atoms with E-state index in [4.69, 9.17) is 10.2 Å². The maximum Gasteiger partial charge on any atom is 0.309 e. The molecule has 6 heteroatoms. The van der Waals surface area contributed by atoms with E-state index in [2.05, 4.69) is 5.32 Å². The second kappa shape index (κ2) is 5.50. The number of furan rings is 1. The summed E-state index contributed by atoms with van der Waals surface area (Å²) < 4.78 is 5.35. The number of nitrogens with two attached hydrogens (primary N) is 1. The zero-order valence-corrected chi connectivity index (χ0v) is 10.3. The lowest BCUT2D eigenvalue weighted by atomic mass is 10.0. The van der Waals surface area contributed by atoms with Gasteiger partial charge in [-0.1, -0.05) is 6.07 Å². The van der Waals surface area contributed by atoms with Gasteiger partial charge in [-0.3, -0.25) is 9.59 Å². The van der Waals surface area contributed by atoms with E-state index >= 15 is 0 Å². The maximum absolute atomic E-state index is 11.2. The molecule has 2 aromatic rings. The van der Waals surface area contributed by atoms with Crippen molar-refractivity contribution in [3.05, 3.63) is 46.5 Å². The number of hydrogen-bond acceptors (Lipinski definition) is 4. The summed E-state index contributed by atoms with van der Waals surface area (Å²) in [4.78, 5) is 22.9. The molecule has 2 rings (SSSR count). The minimum absolute atomic E-state index is 0.108. The predicted octanol–water partition coefficient (Wildman–Crippen LogP) is 1.07. The average Bonchev–Trinajstić information content (AvgIpc) is 3.01. The molecular formula is C12H12N2O3S. The Balaban J connectivity index is 2.12. The molecule has 0 saturated carbocycles. The molecule has 1 atom stereocenters. The normalized spacial score (nSPS) is 12.0. The highest BCUT2D eigenvalue weighted by molar-refractivity contribution is 7.10. The van der Waals surface area contributed by atoms with Crippen LogP contribution in [0.4, 0.5) is 0 Å². The number of hydrogen-bond donors (Lipinski definition) is 2. The highest BCUT2D eigenvalue weighted by atomic mass is 32.1. The fraction of sp³-hybridized carbons (Fsp3) is 0.167. The lowest BCUT2D eigenvalue weighted by Gasteiger charge is -2.13. The van der Waals surface area contributed by atoms with Gasteiger partial charge in [-0.15, -0.1) is 11.3 Å². The standard InChI is InChI=1S/C12H12N2O3S/c13-11(15)12(16)14-7-8(9-3-1-5-17-9)10-4-2-6-18-10/h1-6,8H,7H2,(H2,13,15)(H,14,16). The van der Waals surface area contributed by atoms with Crippen LogP contribution in [0.5, 0.6) is 0 Å². The van der Waals surface area contributed by atoms with Crippen molar-refractivity contribution in [2.24, 2.45) is 5.73 Å². The van der Waals surface area contributed by atoms with E-state index in [-0.39, 0.29) is 12.5 Å². The van der Waals surface area contributed by atoms with Crippen molar-refractivity contribution in [2.45, 2.75) is 5.92 Å². The lowest BCUT2D eigenvalue weighted by molar-refractivity contribution is -0.137. The molecule has 0 aliphatic heterocycles. The summed E-state index contributed by atoms with van der Waals surface area (Å²) in [7, 11) is 0. The first-order valence-corrected chi connectivity index (χ1v) is 6.21. The largest absolute Gasteiger partial charge is 0.469 e. The van der Waals surface area contributed by atoms with Gasteiger partial charge in [-0.25, -0.2) is 0 Å². The Kier molecular flexibility index (Phi) is 3.78. The zero-order valence-electron chi connectivity index (χ0n) is 9.46. The van der Waals surface area contributed by atoms with Crippen molar-refractivity contribution in [1.29, 1.82) is 0 Å². The molecule has 2 heterocycles. The Morgan fingerprint density at radius 1 is 1.39 bits per heavy atom. The molecule has 3 N–H and O–H groups in total. The number of carbonyl (C=O) groups excluding carboxylic acids is 2. The van der Waals surface area contributed by atoms with Gasteiger partial charge < -0.3 is 15.5 Å². The van der Waals surface area contributed by atoms with Crippen LogP contribution in [0, 0.1) is 0 Å². The van der Waals surface area contributed by atoms with Gasteiger partial charge in [0.1, 0.15) is 5.76 Å². The number of nitrogens with one attached hydrogen (secondary N) is 1. The Morgan fingerprint density at radius 3 is 2.78 bits per heavy atom. The van der Waals surface area contributed by atoms with Gasteiger partial charge in [-0.2, -0.15) is 0 Å². The minimum atomic E-state index is -0.987. The quantitative estimate of drug-likeness (QED) is 0.810. The molecule has 5 nitrogen and oxygen atoms in total. The van der Waals surface area contributed by atoms with E-state index in [1.807, 2.05) is 23.6 Å². The summed E-state index contributed by atoms with van der Waals surface area (Å²) >= 11 is 1.56. The molecule has 2 amide bonds. The van der Waals surface area contributed by atoms with Crippen LogP contribution in [-0.4, -0.2) is 18.4 Å². The molecule has 1 unspecified atom stereocenters. The minimum Gasteiger partial charge on any atom is -0.469 e. The summed E-state index contributed by atoms with van der Waals surface area (Å²) in [5, 5.41) is 4.44. The lowest BCUT2D eigenvalue weighted by Crippen LogP contribution is -2.38. The van der Waals surface area contributed by atoms with Gasteiger partial charge in [0.2, 0.25) is 0 Å². The van der Waals surface area contributed by atoms with Crippen molar-refractivity contribution in [2.75, 3.05) is 6.54 Å². The monoisotopic (exact) mass is 264 g/mol. The van der Waals surface area contributed by atoms with E-state index < -0.39 is 11.8 Å². The Labute approximate surface area is 108 Å². The smallest absolute Gasteiger partial charge is 0.309 e. The first kappa shape index (κ1) is 12.4. The molecule has 0 fully saturated rings. The second-order valence-electron chi connectivity index (χ2n) is 3.66. The molecule has 0 aromatic carbocycles. The third-order valence-electron chi connectivity index (χ3n) is 2.46. The number of carbonyl (C=O) groups is 2. The molecule has 0 spiro atoms. The molecule has 2 aromatic heterocycles. The summed E-state index contributed by atoms with van der Waals surface area (Å²) in [6.45, 7) is 0.274. The van der Waals surface area contributed by atoms with Gasteiger partial charge in [-0.05, 0) is 23.6 Å². The van der Waals surface area contributed by atoms with E-state index in [1.54, 1.807) is 23.7 Å². The van der Waals surface area contributed by atoms with E-state index in [1.165, 1.54) is 0 Å². The van der Waals surface area contributed by atoms with Crippen molar-refractivity contribution in [1.82, 2.24) is 5.32 Å². The predicted molar refractivity (Wildman–Crippen MR) is 67.1 cm³/mol. The first-order valence-electron chi connectivity index (χ1n) is 5.33. The number of rotatable bonds is 4. The van der Waals surface area contributed by atoms with Crippen molar-refractivity contribution in [3.8, 4) is 0 Å². The third kappa shape index (κ3) is 2.78. The fourth-order valence-corrected chi connectivity index (χ4v) is 2.44. The van der Waals surface area contributed by atoms with Crippen LogP contribution in [-0.2, 0) is 9.59 Å². The molecular weight excluding hydrogens is 252 g/mol. The number of amides is 2. The average molecular weight is 264 g/mol. The van der Waals surface area contributed by atoms with Crippen molar-refractivity contribution < 1.29 is 14.0 Å². The fourth-order valence-electron chi connectivity index (χ4n) is 1.60. The van der Waals surface area contributed by atoms with Gasteiger partial charge >= 0.3 is 11.8 Å². The Morgan fingerprint density at radius 2 is 2.22 bits per heavy atom. The SMILES string of the molecule is NC(=O)C(=O)NCC(c1ccco1)c1cccs1. The highest BCUT2D eigenvalue weighted by Crippen LogP contribution is 2.27. The topological polar surface area (TPSA) is 85.3 Å². The number of thiophene rings is 1. The summed E-state index contributed by atoms with van der Waals surface area (Å²) in [6.07, 6.45) is 1.58. The second-order valence-corrected chi connectivity index (χ2v) is 4.64. The van der Waals surface area contributed by atoms with Crippen LogP contribution in [0.15, 0.2) is 40.3 Å². The maximum atomic E-state index is 11.2. The van der Waals surface area contributed by atoms with Crippen LogP contribution in [0.1, 0.15) is 16.6 Å². The van der Waals surface area contributed by atoms with Crippen LogP contribution < -0.4 is 11.1 Å². The Hall–Kier alpha value is -2.08. The molecule has 94 valence electrons. The molecule has 0 bridgehead atoms.